The molecule has 1 spiro atoms. The van der Waals surface area contributed by atoms with E-state index in [-0.39, 0.29) is 17.3 Å². The van der Waals surface area contributed by atoms with E-state index in [1.165, 1.54) is 62.7 Å². The number of aliphatic hydroxyl groups is 1. The molecule has 10 rings (SSSR count). The Kier molecular flexibility index (Phi) is 4.88. The van der Waals surface area contributed by atoms with Gasteiger partial charge in [0.1, 0.15) is 5.52 Å². The smallest absolute Gasteiger partial charge is 0.206 e. The zero-order valence-corrected chi connectivity index (χ0v) is 25.0. The number of H-pyrrole nitrogens is 1. The second-order valence-corrected chi connectivity index (χ2v) is 14.0. The van der Waals surface area contributed by atoms with Crippen LogP contribution in [0.2, 0.25) is 0 Å². The van der Waals surface area contributed by atoms with E-state index in [2.05, 4.69) is 112 Å². The van der Waals surface area contributed by atoms with E-state index in [0.29, 0.717) is 18.0 Å². The van der Waals surface area contributed by atoms with E-state index >= 15 is 0 Å². The molecule has 6 aliphatic rings. The number of piperidine rings is 1. The number of hydrogen-bond donors (Lipinski definition) is 2. The molecule has 1 saturated carbocycles. The molecule has 4 aromatic rings. The van der Waals surface area contributed by atoms with E-state index in [9.17, 15) is 5.11 Å². The van der Waals surface area contributed by atoms with E-state index in [1.807, 2.05) is 0 Å². The SMILES string of the molecule is C/C=C1/C[n+]2ccc3c([nH]c4ccccc43)c2C[C@@H]1C1=CN2c3ccccc3[C@]34CCN5C/C(=C/C)[C@H](C[C@H]53)[C@@H]([C@@H]1O)[C@H]24. The predicted molar refractivity (Wildman–Crippen MR) is 171 cm³/mol. The molecule has 0 unspecified atom stereocenters. The monoisotopic (exact) mass is 567 g/mol. The molecule has 7 atom stereocenters. The molecule has 2 aromatic carbocycles. The molecule has 2 bridgehead atoms. The summed E-state index contributed by atoms with van der Waals surface area (Å²) in [7, 11) is 0. The third-order valence-electron chi connectivity index (χ3n) is 12.7. The lowest BCUT2D eigenvalue weighted by Crippen LogP contribution is -2.67. The Balaban J connectivity index is 1.16. The minimum atomic E-state index is -0.450. The number of nitrogens with zero attached hydrogens (tertiary/aromatic N) is 3. The molecule has 2 N–H and O–H groups in total. The van der Waals surface area contributed by atoms with E-state index < -0.39 is 6.10 Å². The molecule has 2 aromatic heterocycles. The molecule has 216 valence electrons. The maximum absolute atomic E-state index is 12.7. The van der Waals surface area contributed by atoms with Gasteiger partial charge in [0.05, 0.1) is 12.1 Å². The maximum Gasteiger partial charge on any atom is 0.206 e. The van der Waals surface area contributed by atoms with Crippen LogP contribution in [0.25, 0.3) is 21.8 Å². The van der Waals surface area contributed by atoms with Gasteiger partial charge in [-0.05, 0) is 68.0 Å². The van der Waals surface area contributed by atoms with Gasteiger partial charge in [-0.15, -0.1) is 0 Å². The van der Waals surface area contributed by atoms with Gasteiger partial charge in [-0.1, -0.05) is 54.1 Å². The third kappa shape index (κ3) is 2.93. The largest absolute Gasteiger partial charge is 0.388 e. The molecule has 1 aliphatic carbocycles. The highest BCUT2D eigenvalue weighted by molar-refractivity contribution is 6.07. The number of rotatable bonds is 1. The number of aromatic nitrogens is 2. The van der Waals surface area contributed by atoms with Gasteiger partial charge in [0.15, 0.2) is 12.7 Å². The van der Waals surface area contributed by atoms with Crippen LogP contribution in [0.1, 0.15) is 37.9 Å². The fraction of sp³-hybridized carbons (Fsp3) is 0.395. The number of benzene rings is 2. The third-order valence-corrected chi connectivity index (χ3v) is 12.7. The summed E-state index contributed by atoms with van der Waals surface area (Å²) in [5.74, 6) is 0.806. The van der Waals surface area contributed by atoms with Crippen LogP contribution in [-0.4, -0.2) is 46.3 Å². The number of pyridine rings is 1. The van der Waals surface area contributed by atoms with Crippen molar-refractivity contribution in [3.8, 4) is 0 Å². The second kappa shape index (κ2) is 8.49. The molecule has 5 aliphatic heterocycles. The van der Waals surface area contributed by atoms with Crippen molar-refractivity contribution in [2.45, 2.75) is 63.3 Å². The number of hydrogen-bond acceptors (Lipinski definition) is 3. The molecular weight excluding hydrogens is 528 g/mol. The van der Waals surface area contributed by atoms with Crippen LogP contribution < -0.4 is 9.47 Å². The summed E-state index contributed by atoms with van der Waals surface area (Å²) in [6, 6.07) is 21.0. The standard InChI is InChI=1S/C38H38N4O/c1-3-22-19-40-15-13-25-24-9-5-7-11-30(24)39-35(25)32(40)17-26(22)28-21-42-31-12-8-6-10-29(31)38-14-16-41-20-23(4-2)27(18-33(38)41)34(36(28)43)37(38)42/h3-13,15,21,26-27,33-34,36-37,43H,14,16-20H2,1-2H3/p+1/b22-3-,23-4-/t26-,27-,33-,34-,36+,37-,38+/m0/s1. The fourth-order valence-electron chi connectivity index (χ4n) is 10.9. The Labute approximate surface area is 252 Å². The zero-order chi connectivity index (χ0) is 28.6. The number of fused-ring (bicyclic) bond motifs is 9. The van der Waals surface area contributed by atoms with E-state index in [1.54, 1.807) is 5.57 Å². The highest BCUT2D eigenvalue weighted by Crippen LogP contribution is 2.65. The molecule has 5 nitrogen and oxygen atoms in total. The minimum Gasteiger partial charge on any atom is -0.388 e. The van der Waals surface area contributed by atoms with Crippen LogP contribution in [0, 0.1) is 17.8 Å². The van der Waals surface area contributed by atoms with Crippen molar-refractivity contribution >= 4 is 27.5 Å². The molecule has 3 fully saturated rings. The summed E-state index contributed by atoms with van der Waals surface area (Å²) >= 11 is 0. The number of para-hydroxylation sites is 2. The Morgan fingerprint density at radius 2 is 1.84 bits per heavy atom. The zero-order valence-electron chi connectivity index (χ0n) is 25.0. The first kappa shape index (κ1) is 24.7. The lowest BCUT2D eigenvalue weighted by molar-refractivity contribution is -0.699. The first-order valence-electron chi connectivity index (χ1n) is 16.4. The van der Waals surface area contributed by atoms with Crippen molar-refractivity contribution in [1.29, 1.82) is 0 Å². The van der Waals surface area contributed by atoms with Gasteiger partial charge in [0, 0.05) is 70.5 Å². The van der Waals surface area contributed by atoms with Crippen molar-refractivity contribution in [1.82, 2.24) is 9.88 Å². The fourth-order valence-corrected chi connectivity index (χ4v) is 10.9. The molecule has 5 heteroatoms. The number of aliphatic hydroxyl groups excluding tert-OH is 1. The summed E-state index contributed by atoms with van der Waals surface area (Å²) in [4.78, 5) is 9.20. The summed E-state index contributed by atoms with van der Waals surface area (Å²) in [6.45, 7) is 7.50. The average Bonchev–Trinajstić information content (AvgIpc) is 3.72. The first-order chi connectivity index (χ1) is 21.1. The number of nitrogens with one attached hydrogen (secondary N) is 1. The van der Waals surface area contributed by atoms with Crippen LogP contribution in [0.5, 0.6) is 0 Å². The number of allylic oxidation sites excluding steroid dienone is 3. The van der Waals surface area contributed by atoms with Gasteiger partial charge < -0.3 is 15.0 Å². The van der Waals surface area contributed by atoms with Crippen molar-refractivity contribution in [2.24, 2.45) is 17.8 Å². The number of aromatic amines is 1. The predicted octanol–water partition coefficient (Wildman–Crippen LogP) is 5.78. The van der Waals surface area contributed by atoms with Crippen LogP contribution in [0.3, 0.4) is 0 Å². The summed E-state index contributed by atoms with van der Waals surface area (Å²) in [5.41, 5.74) is 11.0. The van der Waals surface area contributed by atoms with E-state index in [0.717, 1.165) is 26.1 Å². The molecule has 43 heavy (non-hydrogen) atoms. The van der Waals surface area contributed by atoms with Gasteiger partial charge in [-0.2, -0.15) is 4.57 Å². The summed E-state index contributed by atoms with van der Waals surface area (Å²) in [6.07, 6.45) is 12.2. The quantitative estimate of drug-likeness (QED) is 0.226. The maximum atomic E-state index is 12.7. The first-order valence-corrected chi connectivity index (χ1v) is 16.4. The van der Waals surface area contributed by atoms with Gasteiger partial charge in [0.2, 0.25) is 5.69 Å². The van der Waals surface area contributed by atoms with Gasteiger partial charge in [-0.3, -0.25) is 4.90 Å². The summed E-state index contributed by atoms with van der Waals surface area (Å²) in [5, 5.41) is 15.3. The second-order valence-electron chi connectivity index (χ2n) is 14.0. The van der Waals surface area contributed by atoms with Gasteiger partial charge in [-0.25, -0.2) is 0 Å². The highest BCUT2D eigenvalue weighted by atomic mass is 16.3. The molecular formula is C38H39N4O+. The van der Waals surface area contributed by atoms with Crippen molar-refractivity contribution in [2.75, 3.05) is 18.0 Å². The number of anilines is 1. The molecule has 7 heterocycles. The minimum absolute atomic E-state index is 0.106. The Morgan fingerprint density at radius 1 is 1.00 bits per heavy atom. The Hall–Kier alpha value is -3.67. The Bertz CT molecular complexity index is 1950. The van der Waals surface area contributed by atoms with Crippen LogP contribution in [0.15, 0.2) is 95.9 Å². The van der Waals surface area contributed by atoms with Crippen molar-refractivity contribution in [3.63, 3.8) is 0 Å². The average molecular weight is 568 g/mol. The van der Waals surface area contributed by atoms with Crippen molar-refractivity contribution in [3.05, 3.63) is 107 Å². The summed E-state index contributed by atoms with van der Waals surface area (Å²) < 4.78 is 2.43. The Morgan fingerprint density at radius 3 is 2.72 bits per heavy atom. The normalized spacial score (nSPS) is 35.9. The van der Waals surface area contributed by atoms with Gasteiger partial charge in [0.25, 0.3) is 0 Å². The topological polar surface area (TPSA) is 46.4 Å². The van der Waals surface area contributed by atoms with Crippen molar-refractivity contribution < 1.29 is 9.67 Å². The van der Waals surface area contributed by atoms with Crippen LogP contribution in [0.4, 0.5) is 5.69 Å². The van der Waals surface area contributed by atoms with E-state index in [4.69, 9.17) is 0 Å². The lowest BCUT2D eigenvalue weighted by atomic mass is 9.53. The van der Waals surface area contributed by atoms with Crippen LogP contribution >= 0.6 is 0 Å². The van der Waals surface area contributed by atoms with Crippen LogP contribution in [-0.2, 0) is 18.4 Å². The molecule has 0 amide bonds. The highest BCUT2D eigenvalue weighted by Gasteiger charge is 2.69. The molecule has 2 saturated heterocycles. The molecule has 0 radical (unpaired) electrons. The lowest BCUT2D eigenvalue weighted by Gasteiger charge is -2.59. The van der Waals surface area contributed by atoms with Gasteiger partial charge >= 0.3 is 0 Å².